The maximum Gasteiger partial charge on any atom is 0.216 e. The zero-order chi connectivity index (χ0) is 17.4. The summed E-state index contributed by atoms with van der Waals surface area (Å²) in [5, 5.41) is 0. The lowest BCUT2D eigenvalue weighted by Crippen LogP contribution is -2.00. The van der Waals surface area contributed by atoms with E-state index in [4.69, 9.17) is 4.98 Å². The summed E-state index contributed by atoms with van der Waals surface area (Å²) in [5.41, 5.74) is 4.56. The van der Waals surface area contributed by atoms with Crippen molar-refractivity contribution in [2.75, 3.05) is 0 Å². The van der Waals surface area contributed by atoms with Crippen molar-refractivity contribution in [3.8, 4) is 11.3 Å². The van der Waals surface area contributed by atoms with Gasteiger partial charge >= 0.3 is 0 Å². The largest absolute Gasteiger partial charge is 0.310 e. The van der Waals surface area contributed by atoms with Crippen LogP contribution in [0.15, 0.2) is 54.6 Å². The summed E-state index contributed by atoms with van der Waals surface area (Å²) in [6.45, 7) is 4.70. The number of nitrogens with zero attached hydrogens (tertiary/aromatic N) is 3. The lowest BCUT2D eigenvalue weighted by molar-refractivity contribution is 0.101. The van der Waals surface area contributed by atoms with Crippen molar-refractivity contribution in [2.45, 2.75) is 33.2 Å². The molecule has 26 heavy (non-hydrogen) atoms. The highest BCUT2D eigenvalue weighted by Crippen LogP contribution is 2.30. The molecule has 2 aromatic carbocycles. The predicted molar refractivity (Wildman–Crippen MR) is 108 cm³/mol. The zero-order valence-corrected chi connectivity index (χ0v) is 15.8. The van der Waals surface area contributed by atoms with E-state index in [1.54, 1.807) is 6.92 Å². The molecule has 0 fully saturated rings. The zero-order valence-electron chi connectivity index (χ0n) is 15.0. The van der Waals surface area contributed by atoms with Gasteiger partial charge in [0.25, 0.3) is 0 Å². The molecule has 0 spiro atoms. The van der Waals surface area contributed by atoms with Crippen LogP contribution in [-0.4, -0.2) is 19.7 Å². The molecule has 0 aliphatic rings. The van der Waals surface area contributed by atoms with E-state index in [-0.39, 0.29) is 18.2 Å². The Morgan fingerprint density at radius 1 is 1.00 bits per heavy atom. The van der Waals surface area contributed by atoms with Gasteiger partial charge in [-0.3, -0.25) is 9.20 Å². The van der Waals surface area contributed by atoms with Crippen LogP contribution in [0.1, 0.15) is 37.2 Å². The van der Waals surface area contributed by atoms with Crippen molar-refractivity contribution in [3.63, 3.8) is 0 Å². The first-order chi connectivity index (χ1) is 12.2. The minimum absolute atomic E-state index is 0. The van der Waals surface area contributed by atoms with E-state index in [1.165, 1.54) is 0 Å². The minimum Gasteiger partial charge on any atom is -0.310 e. The molecule has 0 saturated carbocycles. The number of carbonyl (C=O) groups is 1. The average molecular weight is 368 g/mol. The number of benzene rings is 2. The number of ketones is 1. The molecular weight excluding hydrogens is 346 g/mol. The molecule has 134 valence electrons. The second kappa shape index (κ2) is 7.34. The number of halogens is 1. The molecule has 2 heterocycles. The number of rotatable bonds is 5. The Kier molecular flexibility index (Phi) is 5.14. The third-order valence-corrected chi connectivity index (χ3v) is 4.63. The van der Waals surface area contributed by atoms with E-state index >= 15 is 0 Å². The van der Waals surface area contributed by atoms with Crippen LogP contribution in [0.2, 0.25) is 0 Å². The smallest absolute Gasteiger partial charge is 0.216 e. The van der Waals surface area contributed by atoms with Crippen LogP contribution in [0.3, 0.4) is 0 Å². The Balaban J connectivity index is 0.00000196. The van der Waals surface area contributed by atoms with E-state index in [2.05, 4.69) is 23.6 Å². The number of unbranched alkanes of at least 4 members (excludes halogenated alkanes) is 1. The maximum atomic E-state index is 12.5. The van der Waals surface area contributed by atoms with Gasteiger partial charge in [-0.15, -0.1) is 12.4 Å². The Morgan fingerprint density at radius 3 is 2.31 bits per heavy atom. The fourth-order valence-electron chi connectivity index (χ4n) is 3.47. The standard InChI is InChI=1S/C21H21N3O.ClH/c1-3-4-14-23-17-12-8-9-13-18(17)24-20(15(2)25)19(22-21(23)24)16-10-6-5-7-11-16;/h5-13H,3-4,14H2,1-2H3;1H. The quantitative estimate of drug-likeness (QED) is 0.444. The predicted octanol–water partition coefficient (Wildman–Crippen LogP) is 5.38. The van der Waals surface area contributed by atoms with Crippen LogP contribution in [0.5, 0.6) is 0 Å². The minimum atomic E-state index is 0. The molecule has 0 amide bonds. The fourth-order valence-corrected chi connectivity index (χ4v) is 3.47. The summed E-state index contributed by atoms with van der Waals surface area (Å²) >= 11 is 0. The van der Waals surface area contributed by atoms with Gasteiger partial charge in [0.1, 0.15) is 11.4 Å². The third-order valence-electron chi connectivity index (χ3n) is 4.63. The van der Waals surface area contributed by atoms with Gasteiger partial charge in [0.05, 0.1) is 11.0 Å². The Bertz CT molecular complexity index is 1060. The van der Waals surface area contributed by atoms with Crippen molar-refractivity contribution in [3.05, 3.63) is 60.3 Å². The molecule has 4 nitrogen and oxygen atoms in total. The van der Waals surface area contributed by atoms with E-state index < -0.39 is 0 Å². The van der Waals surface area contributed by atoms with Crippen molar-refractivity contribution >= 4 is 35.0 Å². The van der Waals surface area contributed by atoms with E-state index in [0.29, 0.717) is 5.69 Å². The molecule has 0 N–H and O–H groups in total. The number of hydrogen-bond acceptors (Lipinski definition) is 2. The van der Waals surface area contributed by atoms with E-state index in [0.717, 1.165) is 47.5 Å². The molecule has 2 aromatic heterocycles. The number of aromatic nitrogens is 3. The summed E-state index contributed by atoms with van der Waals surface area (Å²) in [7, 11) is 0. The molecule has 0 aliphatic carbocycles. The van der Waals surface area contributed by atoms with Gasteiger partial charge in [0.2, 0.25) is 5.78 Å². The lowest BCUT2D eigenvalue weighted by Gasteiger charge is -2.04. The number of aryl methyl sites for hydroxylation is 1. The summed E-state index contributed by atoms with van der Waals surface area (Å²) in [4.78, 5) is 17.4. The van der Waals surface area contributed by atoms with Gasteiger partial charge in [-0.05, 0) is 18.6 Å². The van der Waals surface area contributed by atoms with Gasteiger partial charge in [-0.25, -0.2) is 4.98 Å². The van der Waals surface area contributed by atoms with Gasteiger partial charge in [-0.1, -0.05) is 55.8 Å². The van der Waals surface area contributed by atoms with Crippen molar-refractivity contribution in [1.82, 2.24) is 14.0 Å². The van der Waals surface area contributed by atoms with Crippen LogP contribution < -0.4 is 0 Å². The molecule has 0 radical (unpaired) electrons. The second-order valence-corrected chi connectivity index (χ2v) is 6.36. The highest BCUT2D eigenvalue weighted by molar-refractivity contribution is 6.01. The number of hydrogen-bond donors (Lipinski definition) is 0. The topological polar surface area (TPSA) is 39.3 Å². The van der Waals surface area contributed by atoms with Crippen LogP contribution in [0.4, 0.5) is 0 Å². The van der Waals surface area contributed by atoms with Crippen LogP contribution in [-0.2, 0) is 6.54 Å². The molecule has 0 bridgehead atoms. The molecule has 5 heteroatoms. The first-order valence-electron chi connectivity index (χ1n) is 8.78. The Hall–Kier alpha value is -2.59. The normalized spacial score (nSPS) is 11.0. The van der Waals surface area contributed by atoms with Crippen molar-refractivity contribution < 1.29 is 4.79 Å². The fraction of sp³-hybridized carbons (Fsp3) is 0.238. The second-order valence-electron chi connectivity index (χ2n) is 6.36. The molecule has 0 atom stereocenters. The van der Waals surface area contributed by atoms with E-state index in [9.17, 15) is 4.79 Å². The number of imidazole rings is 2. The third kappa shape index (κ3) is 2.80. The molecule has 4 aromatic rings. The molecule has 0 saturated heterocycles. The van der Waals surface area contributed by atoms with Gasteiger partial charge < -0.3 is 4.57 Å². The van der Waals surface area contributed by atoms with Crippen LogP contribution in [0.25, 0.3) is 28.1 Å². The summed E-state index contributed by atoms with van der Waals surface area (Å²) in [6, 6.07) is 18.2. The van der Waals surface area contributed by atoms with Gasteiger partial charge in [0, 0.05) is 19.0 Å². The first-order valence-corrected chi connectivity index (χ1v) is 8.78. The summed E-state index contributed by atoms with van der Waals surface area (Å²) < 4.78 is 4.26. The highest BCUT2D eigenvalue weighted by Gasteiger charge is 2.23. The Labute approximate surface area is 158 Å². The van der Waals surface area contributed by atoms with Gasteiger partial charge in [0.15, 0.2) is 5.78 Å². The SMILES string of the molecule is CCCCn1c2ccccc2n2c(C(C)=O)c(-c3ccccc3)nc12.Cl. The lowest BCUT2D eigenvalue weighted by atomic mass is 10.1. The van der Waals surface area contributed by atoms with Crippen molar-refractivity contribution in [1.29, 1.82) is 0 Å². The number of Topliss-reactive ketones (excluding diaryl/α,β-unsaturated/α-hetero) is 1. The van der Waals surface area contributed by atoms with E-state index in [1.807, 2.05) is 46.9 Å². The highest BCUT2D eigenvalue weighted by atomic mass is 35.5. The Morgan fingerprint density at radius 2 is 1.65 bits per heavy atom. The van der Waals surface area contributed by atoms with Crippen LogP contribution >= 0.6 is 12.4 Å². The molecule has 0 aliphatic heterocycles. The first kappa shape index (κ1) is 18.2. The summed E-state index contributed by atoms with van der Waals surface area (Å²) in [5.74, 6) is 0.878. The molecular formula is C21H22ClN3O. The number of fused-ring (bicyclic) bond motifs is 3. The molecule has 4 rings (SSSR count). The average Bonchev–Trinajstić information content (AvgIpc) is 3.16. The maximum absolute atomic E-state index is 12.5. The van der Waals surface area contributed by atoms with Crippen LogP contribution in [0, 0.1) is 0 Å². The van der Waals surface area contributed by atoms with Gasteiger partial charge in [-0.2, -0.15) is 0 Å². The monoisotopic (exact) mass is 367 g/mol. The number of para-hydroxylation sites is 2. The number of carbonyl (C=O) groups excluding carboxylic acids is 1. The van der Waals surface area contributed by atoms with Crippen molar-refractivity contribution in [2.24, 2.45) is 0 Å². The molecule has 0 unspecified atom stereocenters. The summed E-state index contributed by atoms with van der Waals surface area (Å²) in [6.07, 6.45) is 2.20.